The maximum atomic E-state index is 11.8. The van der Waals surface area contributed by atoms with Crippen LogP contribution in [0.25, 0.3) is 0 Å². The van der Waals surface area contributed by atoms with Gasteiger partial charge in [-0.05, 0) is 12.8 Å². The zero-order valence-electron chi connectivity index (χ0n) is 8.37. The number of nitrogens with one attached hydrogen (secondary N) is 1. The SMILES string of the molecule is NC1CCCCC1C(=O)NC1COC1. The normalized spacial score (nSPS) is 33.5. The summed E-state index contributed by atoms with van der Waals surface area (Å²) in [5.74, 6) is 0.162. The van der Waals surface area contributed by atoms with E-state index in [0.717, 1.165) is 25.7 Å². The average molecular weight is 198 g/mol. The number of carbonyl (C=O) groups is 1. The fourth-order valence-corrected chi connectivity index (χ4v) is 2.11. The van der Waals surface area contributed by atoms with Crippen LogP contribution in [0.4, 0.5) is 0 Å². The van der Waals surface area contributed by atoms with Gasteiger partial charge in [-0.2, -0.15) is 0 Å². The van der Waals surface area contributed by atoms with E-state index in [4.69, 9.17) is 10.5 Å². The monoisotopic (exact) mass is 198 g/mol. The van der Waals surface area contributed by atoms with Gasteiger partial charge in [0.1, 0.15) is 0 Å². The second kappa shape index (κ2) is 4.28. The lowest BCUT2D eigenvalue weighted by Gasteiger charge is -2.32. The van der Waals surface area contributed by atoms with Gasteiger partial charge in [0.25, 0.3) is 0 Å². The van der Waals surface area contributed by atoms with Gasteiger partial charge in [-0.3, -0.25) is 4.79 Å². The van der Waals surface area contributed by atoms with Crippen molar-refractivity contribution in [3.8, 4) is 0 Å². The number of ether oxygens (including phenoxy) is 1. The van der Waals surface area contributed by atoms with E-state index < -0.39 is 0 Å². The van der Waals surface area contributed by atoms with E-state index in [-0.39, 0.29) is 23.9 Å². The van der Waals surface area contributed by atoms with Gasteiger partial charge in [-0.1, -0.05) is 12.8 Å². The lowest BCUT2D eigenvalue weighted by Crippen LogP contribution is -2.53. The molecule has 0 aromatic rings. The summed E-state index contributed by atoms with van der Waals surface area (Å²) in [4.78, 5) is 11.8. The van der Waals surface area contributed by atoms with Crippen molar-refractivity contribution in [3.05, 3.63) is 0 Å². The number of hydrogen-bond donors (Lipinski definition) is 2. The second-order valence-electron chi connectivity index (χ2n) is 4.30. The van der Waals surface area contributed by atoms with Crippen LogP contribution in [0.3, 0.4) is 0 Å². The van der Waals surface area contributed by atoms with Crippen molar-refractivity contribution < 1.29 is 9.53 Å². The van der Waals surface area contributed by atoms with Crippen LogP contribution in [0.2, 0.25) is 0 Å². The van der Waals surface area contributed by atoms with Crippen molar-refractivity contribution >= 4 is 5.91 Å². The van der Waals surface area contributed by atoms with Gasteiger partial charge in [-0.15, -0.1) is 0 Å². The maximum Gasteiger partial charge on any atom is 0.225 e. The van der Waals surface area contributed by atoms with Crippen LogP contribution in [-0.2, 0) is 9.53 Å². The second-order valence-corrected chi connectivity index (χ2v) is 4.30. The van der Waals surface area contributed by atoms with E-state index in [2.05, 4.69) is 5.32 Å². The Kier molecular flexibility index (Phi) is 3.03. The van der Waals surface area contributed by atoms with Gasteiger partial charge in [0.2, 0.25) is 5.91 Å². The summed E-state index contributed by atoms with van der Waals surface area (Å²) in [6.45, 7) is 1.32. The topological polar surface area (TPSA) is 64.4 Å². The van der Waals surface area contributed by atoms with E-state index in [0.29, 0.717) is 13.2 Å². The molecule has 1 aliphatic heterocycles. The molecular weight excluding hydrogens is 180 g/mol. The number of carbonyl (C=O) groups excluding carboxylic acids is 1. The van der Waals surface area contributed by atoms with Crippen LogP contribution in [0.15, 0.2) is 0 Å². The Bertz CT molecular complexity index is 216. The summed E-state index contributed by atoms with van der Waals surface area (Å²) >= 11 is 0. The number of rotatable bonds is 2. The first-order valence-electron chi connectivity index (χ1n) is 5.41. The van der Waals surface area contributed by atoms with Crippen molar-refractivity contribution in [3.63, 3.8) is 0 Å². The van der Waals surface area contributed by atoms with E-state index in [9.17, 15) is 4.79 Å². The van der Waals surface area contributed by atoms with E-state index in [1.54, 1.807) is 0 Å². The van der Waals surface area contributed by atoms with Crippen LogP contribution in [0.5, 0.6) is 0 Å². The molecule has 0 spiro atoms. The van der Waals surface area contributed by atoms with Crippen LogP contribution in [-0.4, -0.2) is 31.2 Å². The summed E-state index contributed by atoms with van der Waals surface area (Å²) in [5.41, 5.74) is 5.92. The van der Waals surface area contributed by atoms with Crippen molar-refractivity contribution in [2.45, 2.75) is 37.8 Å². The highest BCUT2D eigenvalue weighted by Crippen LogP contribution is 2.23. The predicted octanol–water partition coefficient (Wildman–Crippen LogP) is 0.0189. The van der Waals surface area contributed by atoms with Crippen LogP contribution in [0.1, 0.15) is 25.7 Å². The molecule has 4 heteroatoms. The molecule has 3 N–H and O–H groups in total. The Balaban J connectivity index is 1.82. The van der Waals surface area contributed by atoms with Crippen LogP contribution >= 0.6 is 0 Å². The van der Waals surface area contributed by atoms with Gasteiger partial charge in [-0.25, -0.2) is 0 Å². The zero-order chi connectivity index (χ0) is 9.97. The fourth-order valence-electron chi connectivity index (χ4n) is 2.11. The third-order valence-electron chi connectivity index (χ3n) is 3.14. The molecule has 0 aromatic carbocycles. The zero-order valence-corrected chi connectivity index (χ0v) is 8.37. The summed E-state index contributed by atoms with van der Waals surface area (Å²) in [5, 5.41) is 2.97. The van der Waals surface area contributed by atoms with Gasteiger partial charge < -0.3 is 15.8 Å². The molecule has 0 radical (unpaired) electrons. The summed E-state index contributed by atoms with van der Waals surface area (Å²) in [6.07, 6.45) is 4.23. The minimum Gasteiger partial charge on any atom is -0.377 e. The highest BCUT2D eigenvalue weighted by Gasteiger charge is 2.30. The molecule has 1 aliphatic carbocycles. The fraction of sp³-hybridized carbons (Fsp3) is 0.900. The van der Waals surface area contributed by atoms with E-state index in [1.807, 2.05) is 0 Å². The molecule has 0 bridgehead atoms. The van der Waals surface area contributed by atoms with Crippen molar-refractivity contribution in [2.75, 3.05) is 13.2 Å². The molecule has 2 atom stereocenters. The molecule has 80 valence electrons. The van der Waals surface area contributed by atoms with Gasteiger partial charge in [0, 0.05) is 6.04 Å². The number of nitrogens with two attached hydrogens (primary N) is 1. The Labute approximate surface area is 84.2 Å². The number of amides is 1. The summed E-state index contributed by atoms with van der Waals surface area (Å²) < 4.78 is 5.00. The Morgan fingerprint density at radius 3 is 2.57 bits per heavy atom. The third-order valence-corrected chi connectivity index (χ3v) is 3.14. The minimum atomic E-state index is 0.0318. The first kappa shape index (κ1) is 9.93. The molecule has 1 amide bonds. The highest BCUT2D eigenvalue weighted by atomic mass is 16.5. The molecule has 1 heterocycles. The molecule has 2 aliphatic rings. The summed E-state index contributed by atoms with van der Waals surface area (Å²) in [6, 6.07) is 0.293. The molecule has 0 aromatic heterocycles. The largest absolute Gasteiger partial charge is 0.377 e. The Morgan fingerprint density at radius 1 is 1.29 bits per heavy atom. The molecule has 1 saturated heterocycles. The molecule has 2 rings (SSSR count). The molecule has 4 nitrogen and oxygen atoms in total. The van der Waals surface area contributed by atoms with Crippen molar-refractivity contribution in [1.82, 2.24) is 5.32 Å². The smallest absolute Gasteiger partial charge is 0.225 e. The van der Waals surface area contributed by atoms with Gasteiger partial charge in [0.05, 0.1) is 25.2 Å². The van der Waals surface area contributed by atoms with Crippen LogP contribution < -0.4 is 11.1 Å². The highest BCUT2D eigenvalue weighted by molar-refractivity contribution is 5.79. The molecular formula is C10H18N2O2. The molecule has 2 fully saturated rings. The predicted molar refractivity (Wildman–Crippen MR) is 52.7 cm³/mol. The lowest BCUT2D eigenvalue weighted by molar-refractivity contribution is -0.130. The third kappa shape index (κ3) is 2.07. The average Bonchev–Trinajstić information content (AvgIpc) is 2.12. The van der Waals surface area contributed by atoms with Crippen LogP contribution in [0, 0.1) is 5.92 Å². The molecule has 2 unspecified atom stereocenters. The van der Waals surface area contributed by atoms with Crippen molar-refractivity contribution in [2.24, 2.45) is 11.7 Å². The summed E-state index contributed by atoms with van der Waals surface area (Å²) in [7, 11) is 0. The quantitative estimate of drug-likeness (QED) is 0.657. The van der Waals surface area contributed by atoms with E-state index in [1.165, 1.54) is 0 Å². The first-order valence-corrected chi connectivity index (χ1v) is 5.41. The standard InChI is InChI=1S/C10H18N2O2/c11-9-4-2-1-3-8(9)10(13)12-7-5-14-6-7/h7-9H,1-6,11H2,(H,12,13). The Hall–Kier alpha value is -0.610. The molecule has 1 saturated carbocycles. The first-order chi connectivity index (χ1) is 6.77. The lowest BCUT2D eigenvalue weighted by atomic mass is 9.84. The minimum absolute atomic E-state index is 0.0318. The molecule has 14 heavy (non-hydrogen) atoms. The Morgan fingerprint density at radius 2 is 2.00 bits per heavy atom. The van der Waals surface area contributed by atoms with Gasteiger partial charge >= 0.3 is 0 Å². The van der Waals surface area contributed by atoms with E-state index >= 15 is 0 Å². The van der Waals surface area contributed by atoms with Crippen molar-refractivity contribution in [1.29, 1.82) is 0 Å². The number of hydrogen-bond acceptors (Lipinski definition) is 3. The maximum absolute atomic E-state index is 11.8. The van der Waals surface area contributed by atoms with Gasteiger partial charge in [0.15, 0.2) is 0 Å².